The molecule has 0 aliphatic heterocycles. The first-order valence-corrected chi connectivity index (χ1v) is 8.06. The summed E-state index contributed by atoms with van der Waals surface area (Å²) in [6.45, 7) is 6.61. The van der Waals surface area contributed by atoms with Crippen LogP contribution in [0.4, 0.5) is 5.69 Å². The van der Waals surface area contributed by atoms with E-state index < -0.39 is 5.97 Å². The number of hydrogen-bond acceptors (Lipinski definition) is 5. The maximum absolute atomic E-state index is 12.6. The van der Waals surface area contributed by atoms with Gasteiger partial charge in [-0.2, -0.15) is 0 Å². The van der Waals surface area contributed by atoms with Gasteiger partial charge in [0.15, 0.2) is 12.4 Å². The van der Waals surface area contributed by atoms with Gasteiger partial charge in [0.05, 0.1) is 7.11 Å². The Morgan fingerprint density at radius 2 is 1.85 bits per heavy atom. The van der Waals surface area contributed by atoms with Gasteiger partial charge in [-0.1, -0.05) is 0 Å². The lowest BCUT2D eigenvalue weighted by molar-refractivity contribution is -0.142. The number of aromatic nitrogens is 1. The summed E-state index contributed by atoms with van der Waals surface area (Å²) in [5.74, 6) is -0.390. The van der Waals surface area contributed by atoms with E-state index in [1.54, 1.807) is 32.0 Å². The van der Waals surface area contributed by atoms with Crippen LogP contribution >= 0.6 is 0 Å². The summed E-state index contributed by atoms with van der Waals surface area (Å²) in [5.41, 5.74) is 3.58. The molecule has 0 radical (unpaired) electrons. The van der Waals surface area contributed by atoms with Crippen molar-refractivity contribution in [2.45, 2.75) is 27.7 Å². The molecule has 2 rings (SSSR count). The number of carbonyl (C=O) groups is 3. The third-order valence-corrected chi connectivity index (χ3v) is 4.05. The summed E-state index contributed by atoms with van der Waals surface area (Å²) in [6, 6.07) is 5.06. The maximum atomic E-state index is 12.6. The SMILES string of the molecule is COC(=O)COc1ccc(NC(=O)c2[nH]c(C)c(C(C)=O)c2C)c(C)c1. The van der Waals surface area contributed by atoms with Gasteiger partial charge in [-0.15, -0.1) is 0 Å². The van der Waals surface area contributed by atoms with Gasteiger partial charge in [-0.3, -0.25) is 9.59 Å². The number of methoxy groups -OCH3 is 1. The predicted octanol–water partition coefficient (Wildman–Crippen LogP) is 2.95. The topological polar surface area (TPSA) is 97.5 Å². The molecule has 0 atom stereocenters. The average Bonchev–Trinajstić information content (AvgIpc) is 2.89. The van der Waals surface area contributed by atoms with Crippen LogP contribution in [0.1, 0.15) is 44.6 Å². The smallest absolute Gasteiger partial charge is 0.343 e. The number of ether oxygens (including phenoxy) is 2. The van der Waals surface area contributed by atoms with Gasteiger partial charge in [-0.05, 0) is 57.0 Å². The molecule has 7 nitrogen and oxygen atoms in total. The lowest BCUT2D eigenvalue weighted by atomic mass is 10.1. The molecular formula is C19H22N2O5. The second kappa shape index (κ2) is 7.86. The predicted molar refractivity (Wildman–Crippen MR) is 96.9 cm³/mol. The number of amides is 1. The van der Waals surface area contributed by atoms with Gasteiger partial charge < -0.3 is 19.8 Å². The number of carbonyl (C=O) groups excluding carboxylic acids is 3. The summed E-state index contributed by atoms with van der Waals surface area (Å²) < 4.78 is 9.84. The first-order valence-electron chi connectivity index (χ1n) is 8.06. The Morgan fingerprint density at radius 3 is 2.38 bits per heavy atom. The maximum Gasteiger partial charge on any atom is 0.343 e. The van der Waals surface area contributed by atoms with Gasteiger partial charge in [-0.25, -0.2) is 4.79 Å². The molecule has 0 saturated carbocycles. The fourth-order valence-corrected chi connectivity index (χ4v) is 2.76. The molecule has 0 aliphatic carbocycles. The Labute approximate surface area is 151 Å². The van der Waals surface area contributed by atoms with Crippen LogP contribution in [0.15, 0.2) is 18.2 Å². The molecule has 2 N–H and O–H groups in total. The fraction of sp³-hybridized carbons (Fsp3) is 0.316. The molecule has 0 saturated heterocycles. The summed E-state index contributed by atoms with van der Waals surface area (Å²) in [6.07, 6.45) is 0. The highest BCUT2D eigenvalue weighted by atomic mass is 16.6. The zero-order chi connectivity index (χ0) is 19.4. The number of aryl methyl sites for hydroxylation is 2. The van der Waals surface area contributed by atoms with Crippen molar-refractivity contribution in [1.82, 2.24) is 4.98 Å². The number of H-pyrrole nitrogens is 1. The van der Waals surface area contributed by atoms with E-state index in [-0.39, 0.29) is 18.3 Å². The molecule has 0 bridgehead atoms. The van der Waals surface area contributed by atoms with E-state index in [1.165, 1.54) is 14.0 Å². The summed E-state index contributed by atoms with van der Waals surface area (Å²) >= 11 is 0. The van der Waals surface area contributed by atoms with Gasteiger partial charge in [0.2, 0.25) is 0 Å². The first kappa shape index (κ1) is 19.2. The van der Waals surface area contributed by atoms with Crippen LogP contribution in [-0.2, 0) is 9.53 Å². The minimum atomic E-state index is -0.473. The van der Waals surface area contributed by atoms with Crippen molar-refractivity contribution in [1.29, 1.82) is 0 Å². The Morgan fingerprint density at radius 1 is 1.15 bits per heavy atom. The van der Waals surface area contributed by atoms with E-state index in [0.29, 0.717) is 34.0 Å². The molecular weight excluding hydrogens is 336 g/mol. The fourth-order valence-electron chi connectivity index (χ4n) is 2.76. The highest BCUT2D eigenvalue weighted by Gasteiger charge is 2.20. The Bertz CT molecular complexity index is 867. The molecule has 1 aromatic heterocycles. The van der Waals surface area contributed by atoms with E-state index in [1.807, 2.05) is 6.92 Å². The molecule has 0 unspecified atom stereocenters. The minimum absolute atomic E-state index is 0.0846. The zero-order valence-electron chi connectivity index (χ0n) is 15.5. The largest absolute Gasteiger partial charge is 0.482 e. The van der Waals surface area contributed by atoms with Gasteiger partial charge >= 0.3 is 5.97 Å². The quantitative estimate of drug-likeness (QED) is 0.611. The summed E-state index contributed by atoms with van der Waals surface area (Å²) in [7, 11) is 1.29. The van der Waals surface area contributed by atoms with E-state index in [0.717, 1.165) is 5.56 Å². The number of ketones is 1. The number of nitrogens with one attached hydrogen (secondary N) is 2. The van der Waals surface area contributed by atoms with Gasteiger partial charge in [0, 0.05) is 16.9 Å². The second-order valence-corrected chi connectivity index (χ2v) is 5.98. The van der Waals surface area contributed by atoms with E-state index in [2.05, 4.69) is 15.0 Å². The molecule has 1 amide bonds. The summed E-state index contributed by atoms with van der Waals surface area (Å²) in [5, 5.41) is 2.82. The van der Waals surface area contributed by atoms with E-state index >= 15 is 0 Å². The highest BCUT2D eigenvalue weighted by Crippen LogP contribution is 2.24. The molecule has 1 heterocycles. The lowest BCUT2D eigenvalue weighted by Crippen LogP contribution is -2.15. The average molecular weight is 358 g/mol. The van der Waals surface area contributed by atoms with Crippen LogP contribution in [0.2, 0.25) is 0 Å². The molecule has 0 aliphatic rings. The number of anilines is 1. The lowest BCUT2D eigenvalue weighted by Gasteiger charge is -2.11. The Balaban J connectivity index is 2.16. The number of esters is 1. The van der Waals surface area contributed by atoms with Gasteiger partial charge in [0.25, 0.3) is 5.91 Å². The van der Waals surface area contributed by atoms with Crippen LogP contribution in [0.25, 0.3) is 0 Å². The summed E-state index contributed by atoms with van der Waals surface area (Å²) in [4.78, 5) is 38.4. The number of hydrogen-bond donors (Lipinski definition) is 2. The molecule has 0 fully saturated rings. The monoisotopic (exact) mass is 358 g/mol. The zero-order valence-corrected chi connectivity index (χ0v) is 15.5. The van der Waals surface area contributed by atoms with Crippen LogP contribution < -0.4 is 10.1 Å². The highest BCUT2D eigenvalue weighted by molar-refractivity contribution is 6.07. The van der Waals surface area contributed by atoms with Crippen molar-refractivity contribution >= 4 is 23.3 Å². The number of rotatable bonds is 6. The number of Topliss-reactive ketones (excluding diaryl/α,β-unsaturated/α-hetero) is 1. The standard InChI is InChI=1S/C19H22N2O5/c1-10-8-14(26-9-16(23)25-5)6-7-15(10)21-19(24)18-11(2)17(13(4)22)12(3)20-18/h6-8,20H,9H2,1-5H3,(H,21,24). The van der Waals surface area contributed by atoms with Crippen LogP contribution in [0.5, 0.6) is 5.75 Å². The molecule has 2 aromatic rings. The molecule has 1 aromatic carbocycles. The third-order valence-electron chi connectivity index (χ3n) is 4.05. The van der Waals surface area contributed by atoms with Crippen LogP contribution in [0, 0.1) is 20.8 Å². The van der Waals surface area contributed by atoms with Crippen LogP contribution in [0.3, 0.4) is 0 Å². The van der Waals surface area contributed by atoms with Crippen LogP contribution in [-0.4, -0.2) is 36.4 Å². The molecule has 0 spiro atoms. The van der Waals surface area contributed by atoms with Crippen molar-refractivity contribution < 1.29 is 23.9 Å². The molecule has 7 heteroatoms. The van der Waals surface area contributed by atoms with Crippen molar-refractivity contribution in [2.24, 2.45) is 0 Å². The van der Waals surface area contributed by atoms with Crippen molar-refractivity contribution in [3.05, 3.63) is 46.3 Å². The molecule has 26 heavy (non-hydrogen) atoms. The third kappa shape index (κ3) is 4.11. The molecule has 138 valence electrons. The van der Waals surface area contributed by atoms with Crippen molar-refractivity contribution in [3.63, 3.8) is 0 Å². The number of aromatic amines is 1. The Hall–Kier alpha value is -3.09. The van der Waals surface area contributed by atoms with Crippen molar-refractivity contribution in [2.75, 3.05) is 19.0 Å². The van der Waals surface area contributed by atoms with Gasteiger partial charge in [0.1, 0.15) is 11.4 Å². The minimum Gasteiger partial charge on any atom is -0.482 e. The normalized spacial score (nSPS) is 10.3. The van der Waals surface area contributed by atoms with E-state index in [9.17, 15) is 14.4 Å². The number of benzene rings is 1. The Kier molecular flexibility index (Phi) is 5.82. The second-order valence-electron chi connectivity index (χ2n) is 5.98. The van der Waals surface area contributed by atoms with Crippen molar-refractivity contribution in [3.8, 4) is 5.75 Å². The first-order chi connectivity index (χ1) is 12.2. The van der Waals surface area contributed by atoms with E-state index in [4.69, 9.17) is 4.74 Å².